The van der Waals surface area contributed by atoms with Gasteiger partial charge in [-0.2, -0.15) is 0 Å². The summed E-state index contributed by atoms with van der Waals surface area (Å²) in [5.41, 5.74) is 3.21. The number of anilines is 1. The Kier molecular flexibility index (Phi) is 5.91. The molecule has 0 atom stereocenters. The molecule has 110 valence electrons. The van der Waals surface area contributed by atoms with Gasteiger partial charge < -0.3 is 10.6 Å². The summed E-state index contributed by atoms with van der Waals surface area (Å²) in [6.07, 6.45) is 5.06. The molecule has 4 heteroatoms. The van der Waals surface area contributed by atoms with Crippen molar-refractivity contribution in [1.29, 1.82) is 0 Å². The Labute approximate surface area is 125 Å². The van der Waals surface area contributed by atoms with Crippen LogP contribution in [0.2, 0.25) is 0 Å². The minimum absolute atomic E-state index is 0.0694. The average Bonchev–Trinajstić information content (AvgIpc) is 2.50. The standard InChI is InChI=1S/C17H21N3O/c1-2-4-17(21)20-16-8-6-14(7-9-16)11-19-13-15-5-3-10-18-12-15/h3,5-10,12,19H,2,4,11,13H2,1H3,(H,20,21). The van der Waals surface area contributed by atoms with Gasteiger partial charge in [-0.1, -0.05) is 25.1 Å². The highest BCUT2D eigenvalue weighted by molar-refractivity contribution is 5.90. The Bertz CT molecular complexity index is 552. The lowest BCUT2D eigenvalue weighted by atomic mass is 10.2. The number of amides is 1. The van der Waals surface area contributed by atoms with Gasteiger partial charge in [0.05, 0.1) is 0 Å². The zero-order valence-electron chi connectivity index (χ0n) is 12.3. The van der Waals surface area contributed by atoms with Gasteiger partial charge >= 0.3 is 0 Å². The summed E-state index contributed by atoms with van der Waals surface area (Å²) in [5, 5.41) is 6.26. The number of benzene rings is 1. The Morgan fingerprint density at radius 2 is 1.86 bits per heavy atom. The lowest BCUT2D eigenvalue weighted by molar-refractivity contribution is -0.116. The largest absolute Gasteiger partial charge is 0.326 e. The third kappa shape index (κ3) is 5.36. The number of aromatic nitrogens is 1. The van der Waals surface area contributed by atoms with Crippen molar-refractivity contribution in [1.82, 2.24) is 10.3 Å². The van der Waals surface area contributed by atoms with E-state index in [-0.39, 0.29) is 5.91 Å². The van der Waals surface area contributed by atoms with E-state index in [4.69, 9.17) is 0 Å². The second-order valence-corrected chi connectivity index (χ2v) is 4.96. The van der Waals surface area contributed by atoms with Gasteiger partial charge in [-0.15, -0.1) is 0 Å². The summed E-state index contributed by atoms with van der Waals surface area (Å²) >= 11 is 0. The van der Waals surface area contributed by atoms with Gasteiger partial charge in [0.25, 0.3) is 0 Å². The quantitative estimate of drug-likeness (QED) is 0.821. The Hall–Kier alpha value is -2.20. The molecule has 0 radical (unpaired) electrons. The minimum atomic E-state index is 0.0694. The first-order chi connectivity index (χ1) is 10.3. The van der Waals surface area contributed by atoms with E-state index in [0.29, 0.717) is 6.42 Å². The normalized spacial score (nSPS) is 10.3. The van der Waals surface area contributed by atoms with Crippen molar-refractivity contribution in [3.63, 3.8) is 0 Å². The Balaban J connectivity index is 1.78. The van der Waals surface area contributed by atoms with E-state index in [1.165, 1.54) is 11.1 Å². The SMILES string of the molecule is CCCC(=O)Nc1ccc(CNCc2cccnc2)cc1. The summed E-state index contributed by atoms with van der Waals surface area (Å²) < 4.78 is 0. The van der Waals surface area contributed by atoms with Crippen LogP contribution in [0.15, 0.2) is 48.8 Å². The van der Waals surface area contributed by atoms with E-state index < -0.39 is 0 Å². The van der Waals surface area contributed by atoms with Crippen molar-refractivity contribution in [3.05, 3.63) is 59.9 Å². The van der Waals surface area contributed by atoms with E-state index in [1.807, 2.05) is 49.5 Å². The average molecular weight is 283 g/mol. The van der Waals surface area contributed by atoms with Gasteiger partial charge in [0.2, 0.25) is 5.91 Å². The number of hydrogen-bond acceptors (Lipinski definition) is 3. The van der Waals surface area contributed by atoms with Crippen molar-refractivity contribution >= 4 is 11.6 Å². The molecule has 4 nitrogen and oxygen atoms in total. The smallest absolute Gasteiger partial charge is 0.224 e. The summed E-state index contributed by atoms with van der Waals surface area (Å²) in [5.74, 6) is 0.0694. The summed E-state index contributed by atoms with van der Waals surface area (Å²) in [6, 6.07) is 11.9. The number of pyridine rings is 1. The molecular weight excluding hydrogens is 262 g/mol. The number of nitrogens with zero attached hydrogens (tertiary/aromatic N) is 1. The Morgan fingerprint density at radius 1 is 1.10 bits per heavy atom. The van der Waals surface area contributed by atoms with Crippen molar-refractivity contribution in [2.45, 2.75) is 32.9 Å². The second-order valence-electron chi connectivity index (χ2n) is 4.96. The van der Waals surface area contributed by atoms with Crippen LogP contribution >= 0.6 is 0 Å². The molecule has 0 unspecified atom stereocenters. The molecule has 0 aliphatic heterocycles. The second kappa shape index (κ2) is 8.17. The fourth-order valence-electron chi connectivity index (χ4n) is 2.01. The minimum Gasteiger partial charge on any atom is -0.326 e. The zero-order valence-corrected chi connectivity index (χ0v) is 12.3. The number of hydrogen-bond donors (Lipinski definition) is 2. The Morgan fingerprint density at radius 3 is 2.52 bits per heavy atom. The van der Waals surface area contributed by atoms with Crippen molar-refractivity contribution in [2.75, 3.05) is 5.32 Å². The molecule has 21 heavy (non-hydrogen) atoms. The number of nitrogens with one attached hydrogen (secondary N) is 2. The van der Waals surface area contributed by atoms with Gasteiger partial charge in [-0.3, -0.25) is 9.78 Å². The van der Waals surface area contributed by atoms with Crippen molar-refractivity contribution in [3.8, 4) is 0 Å². The molecule has 0 saturated heterocycles. The van der Waals surface area contributed by atoms with Crippen LogP contribution in [0.1, 0.15) is 30.9 Å². The predicted octanol–water partition coefficient (Wildman–Crippen LogP) is 3.11. The van der Waals surface area contributed by atoms with E-state index in [2.05, 4.69) is 15.6 Å². The van der Waals surface area contributed by atoms with Crippen LogP contribution in [-0.4, -0.2) is 10.9 Å². The summed E-state index contributed by atoms with van der Waals surface area (Å²) in [4.78, 5) is 15.6. The molecular formula is C17H21N3O. The van der Waals surface area contributed by atoms with Crippen LogP contribution in [0.25, 0.3) is 0 Å². The first kappa shape index (κ1) is 15.2. The monoisotopic (exact) mass is 283 g/mol. The van der Waals surface area contributed by atoms with Crippen LogP contribution in [0.3, 0.4) is 0 Å². The molecule has 1 aromatic carbocycles. The van der Waals surface area contributed by atoms with E-state index in [1.54, 1.807) is 6.20 Å². The maximum absolute atomic E-state index is 11.5. The zero-order chi connectivity index (χ0) is 14.9. The molecule has 0 bridgehead atoms. The fraction of sp³-hybridized carbons (Fsp3) is 0.294. The summed E-state index contributed by atoms with van der Waals surface area (Å²) in [6.45, 7) is 3.58. The fourth-order valence-corrected chi connectivity index (χ4v) is 2.01. The first-order valence-corrected chi connectivity index (χ1v) is 7.26. The maximum atomic E-state index is 11.5. The van der Waals surface area contributed by atoms with Crippen LogP contribution in [0.5, 0.6) is 0 Å². The molecule has 2 aromatic rings. The molecule has 0 saturated carbocycles. The van der Waals surface area contributed by atoms with E-state index in [9.17, 15) is 4.79 Å². The van der Waals surface area contributed by atoms with Gasteiger partial charge in [0.1, 0.15) is 0 Å². The van der Waals surface area contributed by atoms with Crippen LogP contribution < -0.4 is 10.6 Å². The van der Waals surface area contributed by atoms with Crippen molar-refractivity contribution in [2.24, 2.45) is 0 Å². The third-order valence-electron chi connectivity index (χ3n) is 3.10. The van der Waals surface area contributed by atoms with Crippen molar-refractivity contribution < 1.29 is 4.79 Å². The van der Waals surface area contributed by atoms with E-state index in [0.717, 1.165) is 25.2 Å². The van der Waals surface area contributed by atoms with Gasteiger partial charge in [0.15, 0.2) is 0 Å². The molecule has 0 aliphatic carbocycles. The number of rotatable bonds is 7. The lowest BCUT2D eigenvalue weighted by Crippen LogP contribution is -2.13. The molecule has 2 N–H and O–H groups in total. The van der Waals surface area contributed by atoms with Gasteiger partial charge in [-0.05, 0) is 35.7 Å². The number of carbonyl (C=O) groups excluding carboxylic acids is 1. The van der Waals surface area contributed by atoms with Crippen LogP contribution in [0.4, 0.5) is 5.69 Å². The molecule has 1 heterocycles. The highest BCUT2D eigenvalue weighted by atomic mass is 16.1. The van der Waals surface area contributed by atoms with Gasteiger partial charge in [-0.25, -0.2) is 0 Å². The molecule has 1 amide bonds. The number of carbonyl (C=O) groups is 1. The highest BCUT2D eigenvalue weighted by Crippen LogP contribution is 2.10. The predicted molar refractivity (Wildman–Crippen MR) is 84.8 cm³/mol. The maximum Gasteiger partial charge on any atom is 0.224 e. The molecule has 0 fully saturated rings. The third-order valence-corrected chi connectivity index (χ3v) is 3.10. The van der Waals surface area contributed by atoms with Crippen LogP contribution in [0, 0.1) is 0 Å². The van der Waals surface area contributed by atoms with Crippen LogP contribution in [-0.2, 0) is 17.9 Å². The van der Waals surface area contributed by atoms with Gasteiger partial charge in [0, 0.05) is 37.6 Å². The summed E-state index contributed by atoms with van der Waals surface area (Å²) in [7, 11) is 0. The highest BCUT2D eigenvalue weighted by Gasteiger charge is 2.00. The molecule has 0 spiro atoms. The topological polar surface area (TPSA) is 54.0 Å². The molecule has 1 aromatic heterocycles. The molecule has 0 aliphatic rings. The van der Waals surface area contributed by atoms with E-state index >= 15 is 0 Å². The molecule has 2 rings (SSSR count). The lowest BCUT2D eigenvalue weighted by Gasteiger charge is -2.07. The first-order valence-electron chi connectivity index (χ1n) is 7.26.